The number of benzene rings is 1. The number of hydrogen-bond acceptors (Lipinski definition) is 6. The normalized spacial score (nSPS) is 12.0. The minimum atomic E-state index is -0.819. The van der Waals surface area contributed by atoms with Crippen LogP contribution in [-0.2, 0) is 4.74 Å². The number of rotatable bonds is 5. The first-order valence-corrected chi connectivity index (χ1v) is 8.34. The number of carbonyl (C=O) groups is 2. The summed E-state index contributed by atoms with van der Waals surface area (Å²) in [6.07, 6.45) is -0.819. The lowest BCUT2D eigenvalue weighted by Crippen LogP contribution is -2.25. The van der Waals surface area contributed by atoms with Gasteiger partial charge >= 0.3 is 11.6 Å². The quantitative estimate of drug-likeness (QED) is 0.421. The van der Waals surface area contributed by atoms with Gasteiger partial charge in [-0.2, -0.15) is 0 Å². The molecule has 0 fully saturated rings. The predicted molar refractivity (Wildman–Crippen MR) is 98.5 cm³/mol. The zero-order chi connectivity index (χ0) is 19.7. The minimum absolute atomic E-state index is 0.299. The lowest BCUT2D eigenvalue weighted by atomic mass is 10.1. The third-order valence-electron chi connectivity index (χ3n) is 4.35. The van der Waals surface area contributed by atoms with Crippen LogP contribution in [0.3, 0.4) is 0 Å². The van der Waals surface area contributed by atoms with Crippen molar-refractivity contribution in [3.05, 3.63) is 63.3 Å². The summed E-state index contributed by atoms with van der Waals surface area (Å²) in [5.41, 5.74) is 1.64. The topological polar surface area (TPSA) is 98.6 Å². The number of ketones is 1. The highest BCUT2D eigenvalue weighted by atomic mass is 16.5. The van der Waals surface area contributed by atoms with Crippen molar-refractivity contribution in [3.63, 3.8) is 0 Å². The second-order valence-electron chi connectivity index (χ2n) is 6.19. The molecule has 7 heteroatoms. The van der Waals surface area contributed by atoms with E-state index in [2.05, 4.69) is 4.98 Å². The number of aromatic nitrogens is 1. The van der Waals surface area contributed by atoms with E-state index in [-0.39, 0.29) is 5.78 Å². The maximum absolute atomic E-state index is 12.8. The Morgan fingerprint density at radius 2 is 1.85 bits per heavy atom. The number of hydrogen-bond donors (Lipinski definition) is 1. The molecule has 0 spiro atoms. The summed E-state index contributed by atoms with van der Waals surface area (Å²) in [7, 11) is 1.29. The van der Waals surface area contributed by atoms with Gasteiger partial charge in [0.15, 0.2) is 6.10 Å². The second-order valence-corrected chi connectivity index (χ2v) is 6.19. The van der Waals surface area contributed by atoms with E-state index in [1.165, 1.54) is 13.2 Å². The fourth-order valence-corrected chi connectivity index (χ4v) is 2.98. The van der Waals surface area contributed by atoms with E-state index in [9.17, 15) is 14.4 Å². The molecule has 140 valence electrons. The van der Waals surface area contributed by atoms with Gasteiger partial charge in [-0.15, -0.1) is 0 Å². The van der Waals surface area contributed by atoms with Gasteiger partial charge in [-0.1, -0.05) is 0 Å². The van der Waals surface area contributed by atoms with Gasteiger partial charge in [0, 0.05) is 23.2 Å². The Morgan fingerprint density at radius 1 is 1.15 bits per heavy atom. The van der Waals surface area contributed by atoms with Gasteiger partial charge < -0.3 is 18.9 Å². The number of methoxy groups -OCH3 is 1. The maximum atomic E-state index is 12.8. The molecule has 3 rings (SSSR count). The summed E-state index contributed by atoms with van der Waals surface area (Å²) >= 11 is 0. The smallest absolute Gasteiger partial charge is 0.339 e. The van der Waals surface area contributed by atoms with Gasteiger partial charge in [-0.25, -0.2) is 9.59 Å². The van der Waals surface area contributed by atoms with Crippen molar-refractivity contribution < 1.29 is 23.5 Å². The van der Waals surface area contributed by atoms with Crippen LogP contribution in [0.15, 0.2) is 39.5 Å². The van der Waals surface area contributed by atoms with E-state index in [1.807, 2.05) is 0 Å². The van der Waals surface area contributed by atoms with Gasteiger partial charge in [0.05, 0.1) is 18.4 Å². The average molecular weight is 369 g/mol. The number of ether oxygens (including phenoxy) is 2. The lowest BCUT2D eigenvalue weighted by molar-refractivity contribution is 0.0599. The number of H-pyrrole nitrogens is 1. The molecule has 0 amide bonds. The van der Waals surface area contributed by atoms with Crippen LogP contribution in [0.1, 0.15) is 39.0 Å². The third kappa shape index (κ3) is 3.48. The molecule has 0 saturated heterocycles. The number of fused-ring (bicyclic) bond motifs is 1. The zero-order valence-electron chi connectivity index (χ0n) is 15.4. The number of nitrogens with one attached hydrogen (secondary N) is 1. The van der Waals surface area contributed by atoms with Gasteiger partial charge in [0.1, 0.15) is 11.3 Å². The Hall–Kier alpha value is -3.35. The number of carbonyl (C=O) groups excluding carboxylic acids is 2. The van der Waals surface area contributed by atoms with E-state index < -0.39 is 17.7 Å². The van der Waals surface area contributed by atoms with Crippen LogP contribution in [0.2, 0.25) is 0 Å². The highest BCUT2D eigenvalue weighted by Crippen LogP contribution is 2.23. The minimum Gasteiger partial charge on any atom is -0.482 e. The summed E-state index contributed by atoms with van der Waals surface area (Å²) in [5.74, 6) is -0.411. The average Bonchev–Trinajstić information content (AvgIpc) is 2.94. The largest absolute Gasteiger partial charge is 0.482 e. The fourth-order valence-electron chi connectivity index (χ4n) is 2.98. The summed E-state index contributed by atoms with van der Waals surface area (Å²) < 4.78 is 15.6. The fraction of sp³-hybridized carbons (Fsp3) is 0.250. The van der Waals surface area contributed by atoms with Crippen molar-refractivity contribution in [2.75, 3.05) is 7.11 Å². The van der Waals surface area contributed by atoms with Crippen molar-refractivity contribution >= 4 is 22.7 Å². The molecule has 0 saturated carbocycles. The van der Waals surface area contributed by atoms with Crippen LogP contribution in [0.4, 0.5) is 0 Å². The van der Waals surface area contributed by atoms with Crippen LogP contribution >= 0.6 is 0 Å². The standard InChI is InChI=1S/C20H19NO6/c1-10-17(20(24)25-4)11(2)21-18(10)19(23)12(3)26-14-7-5-13-6-8-16(22)27-15(13)9-14/h5-9,12,21H,1-4H3/t12-/m1/s1. The summed E-state index contributed by atoms with van der Waals surface area (Å²) in [6, 6.07) is 7.99. The van der Waals surface area contributed by atoms with Gasteiger partial charge in [0.25, 0.3) is 0 Å². The Labute approximate surface area is 154 Å². The predicted octanol–water partition coefficient (Wildman–Crippen LogP) is 3.17. The molecule has 0 radical (unpaired) electrons. The van der Waals surface area contributed by atoms with Gasteiger partial charge in [0.2, 0.25) is 5.78 Å². The molecule has 1 aromatic carbocycles. The molecular weight excluding hydrogens is 350 g/mol. The van der Waals surface area contributed by atoms with E-state index >= 15 is 0 Å². The first-order valence-electron chi connectivity index (χ1n) is 8.34. The van der Waals surface area contributed by atoms with Crippen molar-refractivity contribution in [3.8, 4) is 5.75 Å². The van der Waals surface area contributed by atoms with Crippen molar-refractivity contribution in [2.24, 2.45) is 0 Å². The summed E-state index contributed by atoms with van der Waals surface area (Å²) in [5, 5.41) is 0.750. The molecule has 1 atom stereocenters. The van der Waals surface area contributed by atoms with Crippen LogP contribution in [0.25, 0.3) is 11.0 Å². The monoisotopic (exact) mass is 369 g/mol. The maximum Gasteiger partial charge on any atom is 0.339 e. The molecule has 0 aliphatic heterocycles. The zero-order valence-corrected chi connectivity index (χ0v) is 15.4. The second kappa shape index (κ2) is 7.11. The molecule has 2 aromatic heterocycles. The molecule has 1 N–H and O–H groups in total. The number of esters is 1. The summed E-state index contributed by atoms with van der Waals surface area (Å²) in [6.45, 7) is 4.99. The highest BCUT2D eigenvalue weighted by molar-refractivity contribution is 6.03. The van der Waals surface area contributed by atoms with Crippen LogP contribution in [0, 0.1) is 13.8 Å². The molecule has 2 heterocycles. The first kappa shape index (κ1) is 18.4. The summed E-state index contributed by atoms with van der Waals surface area (Å²) in [4.78, 5) is 39.0. The van der Waals surface area contributed by atoms with Gasteiger partial charge in [-0.3, -0.25) is 4.79 Å². The Morgan fingerprint density at radius 3 is 2.56 bits per heavy atom. The van der Waals surface area contributed by atoms with Crippen molar-refractivity contribution in [1.29, 1.82) is 0 Å². The van der Waals surface area contributed by atoms with Crippen LogP contribution in [-0.4, -0.2) is 30.0 Å². The molecule has 0 bridgehead atoms. The number of aryl methyl sites for hydroxylation is 1. The number of aromatic amines is 1. The van der Waals surface area contributed by atoms with Gasteiger partial charge in [-0.05, 0) is 44.5 Å². The molecule has 7 nitrogen and oxygen atoms in total. The SMILES string of the molecule is COC(=O)c1c(C)[nH]c(C(=O)[C@@H](C)Oc2ccc3ccc(=O)oc3c2)c1C. The van der Waals surface area contributed by atoms with E-state index in [1.54, 1.807) is 45.0 Å². The van der Waals surface area contributed by atoms with E-state index in [0.717, 1.165) is 5.39 Å². The molecule has 3 aromatic rings. The molecule has 0 aliphatic carbocycles. The third-order valence-corrected chi connectivity index (χ3v) is 4.35. The van der Waals surface area contributed by atoms with E-state index in [0.29, 0.717) is 33.8 Å². The first-order chi connectivity index (χ1) is 12.8. The lowest BCUT2D eigenvalue weighted by Gasteiger charge is -2.14. The molecule has 0 unspecified atom stereocenters. The molecule has 27 heavy (non-hydrogen) atoms. The van der Waals surface area contributed by atoms with Crippen LogP contribution in [0.5, 0.6) is 5.75 Å². The Balaban J connectivity index is 1.86. The van der Waals surface area contributed by atoms with E-state index in [4.69, 9.17) is 13.9 Å². The van der Waals surface area contributed by atoms with Crippen molar-refractivity contribution in [2.45, 2.75) is 26.9 Å². The van der Waals surface area contributed by atoms with Crippen molar-refractivity contribution in [1.82, 2.24) is 4.98 Å². The molecule has 0 aliphatic rings. The van der Waals surface area contributed by atoms with Crippen LogP contribution < -0.4 is 10.4 Å². The Kier molecular flexibility index (Phi) is 4.85. The highest BCUT2D eigenvalue weighted by Gasteiger charge is 2.26. The molecular formula is C20H19NO6. The number of Topliss-reactive ketones (excluding diaryl/α,β-unsaturated/α-hetero) is 1. The Bertz CT molecular complexity index is 1090.